The molecular formula is C12H24N2O2. The molecule has 0 aliphatic heterocycles. The van der Waals surface area contributed by atoms with E-state index in [9.17, 15) is 9.90 Å². The van der Waals surface area contributed by atoms with Crippen LogP contribution in [0.2, 0.25) is 0 Å². The minimum atomic E-state index is -0.577. The normalized spacial score (nSPS) is 29.5. The number of carbonyl (C=O) groups excluding carboxylic acids is 1. The zero-order chi connectivity index (χ0) is 12.1. The second-order valence-electron chi connectivity index (χ2n) is 5.11. The number of aliphatic hydroxyl groups excluding tert-OH is 1. The van der Waals surface area contributed by atoms with Crippen molar-refractivity contribution in [1.29, 1.82) is 0 Å². The van der Waals surface area contributed by atoms with Gasteiger partial charge in [-0.3, -0.25) is 4.79 Å². The van der Waals surface area contributed by atoms with Gasteiger partial charge in [-0.05, 0) is 38.5 Å². The molecule has 0 aromatic rings. The summed E-state index contributed by atoms with van der Waals surface area (Å²) in [6.45, 7) is 4.24. The molecule has 0 bridgehead atoms. The maximum absolute atomic E-state index is 11.8. The highest BCUT2D eigenvalue weighted by Crippen LogP contribution is 2.28. The SMILES string of the molecule is CC1CCC(C(=O)NCC(N)C(C)O)CC1. The smallest absolute Gasteiger partial charge is 0.223 e. The lowest BCUT2D eigenvalue weighted by Crippen LogP contribution is -2.45. The van der Waals surface area contributed by atoms with Crippen LogP contribution in [-0.4, -0.2) is 29.7 Å². The number of nitrogens with two attached hydrogens (primary N) is 1. The molecule has 2 unspecified atom stereocenters. The lowest BCUT2D eigenvalue weighted by Gasteiger charge is -2.26. The number of hydrogen-bond acceptors (Lipinski definition) is 3. The van der Waals surface area contributed by atoms with Gasteiger partial charge < -0.3 is 16.2 Å². The third-order valence-corrected chi connectivity index (χ3v) is 3.52. The molecule has 94 valence electrons. The van der Waals surface area contributed by atoms with E-state index in [1.54, 1.807) is 6.92 Å². The molecule has 1 fully saturated rings. The Balaban J connectivity index is 2.25. The van der Waals surface area contributed by atoms with Crippen molar-refractivity contribution in [2.24, 2.45) is 17.6 Å². The predicted molar refractivity (Wildman–Crippen MR) is 63.8 cm³/mol. The van der Waals surface area contributed by atoms with Crippen LogP contribution in [-0.2, 0) is 4.79 Å². The molecule has 0 aromatic carbocycles. The van der Waals surface area contributed by atoms with Crippen molar-refractivity contribution in [3.8, 4) is 0 Å². The van der Waals surface area contributed by atoms with Crippen molar-refractivity contribution in [3.63, 3.8) is 0 Å². The number of amides is 1. The van der Waals surface area contributed by atoms with Crippen LogP contribution in [0.3, 0.4) is 0 Å². The number of aliphatic hydroxyl groups is 1. The van der Waals surface area contributed by atoms with Gasteiger partial charge >= 0.3 is 0 Å². The standard InChI is InChI=1S/C12H24N2O2/c1-8-3-5-10(6-4-8)12(16)14-7-11(13)9(2)15/h8-11,15H,3-7,13H2,1-2H3,(H,14,16). The first-order chi connectivity index (χ1) is 7.50. The minimum Gasteiger partial charge on any atom is -0.392 e. The van der Waals surface area contributed by atoms with E-state index in [0.717, 1.165) is 31.6 Å². The summed E-state index contributed by atoms with van der Waals surface area (Å²) >= 11 is 0. The third kappa shape index (κ3) is 4.10. The van der Waals surface area contributed by atoms with Crippen LogP contribution in [0.5, 0.6) is 0 Å². The molecule has 0 aromatic heterocycles. The Morgan fingerprint density at radius 2 is 2.00 bits per heavy atom. The molecule has 0 saturated heterocycles. The molecule has 4 heteroatoms. The number of carbonyl (C=O) groups is 1. The number of rotatable bonds is 4. The zero-order valence-electron chi connectivity index (χ0n) is 10.3. The van der Waals surface area contributed by atoms with Gasteiger partial charge in [0, 0.05) is 18.5 Å². The maximum Gasteiger partial charge on any atom is 0.223 e. The van der Waals surface area contributed by atoms with E-state index < -0.39 is 6.10 Å². The Morgan fingerprint density at radius 1 is 1.44 bits per heavy atom. The lowest BCUT2D eigenvalue weighted by molar-refractivity contribution is -0.126. The van der Waals surface area contributed by atoms with Crippen LogP contribution in [0.4, 0.5) is 0 Å². The Morgan fingerprint density at radius 3 is 2.50 bits per heavy atom. The van der Waals surface area contributed by atoms with E-state index in [2.05, 4.69) is 12.2 Å². The monoisotopic (exact) mass is 228 g/mol. The quantitative estimate of drug-likeness (QED) is 0.661. The minimum absolute atomic E-state index is 0.100. The van der Waals surface area contributed by atoms with Crippen molar-refractivity contribution in [2.75, 3.05) is 6.54 Å². The predicted octanol–water partition coefficient (Wildman–Crippen LogP) is 0.637. The Kier molecular flexibility index (Phi) is 5.22. The van der Waals surface area contributed by atoms with Crippen molar-refractivity contribution >= 4 is 5.91 Å². The molecule has 2 atom stereocenters. The Bertz CT molecular complexity index is 223. The van der Waals surface area contributed by atoms with E-state index in [0.29, 0.717) is 6.54 Å². The van der Waals surface area contributed by atoms with Crippen molar-refractivity contribution in [1.82, 2.24) is 5.32 Å². The summed E-state index contributed by atoms with van der Waals surface area (Å²) < 4.78 is 0. The molecule has 1 amide bonds. The van der Waals surface area contributed by atoms with E-state index in [1.165, 1.54) is 0 Å². The molecule has 0 radical (unpaired) electrons. The fourth-order valence-corrected chi connectivity index (χ4v) is 2.06. The van der Waals surface area contributed by atoms with Crippen LogP contribution < -0.4 is 11.1 Å². The Hall–Kier alpha value is -0.610. The molecule has 0 spiro atoms. The van der Waals surface area contributed by atoms with E-state index in [1.807, 2.05) is 0 Å². The second-order valence-corrected chi connectivity index (χ2v) is 5.11. The molecule has 1 rings (SSSR count). The van der Waals surface area contributed by atoms with Crippen LogP contribution in [0, 0.1) is 11.8 Å². The average molecular weight is 228 g/mol. The molecule has 16 heavy (non-hydrogen) atoms. The summed E-state index contributed by atoms with van der Waals surface area (Å²) in [6, 6.07) is -0.369. The van der Waals surface area contributed by atoms with Gasteiger partial charge in [-0.2, -0.15) is 0 Å². The first-order valence-electron chi connectivity index (χ1n) is 6.22. The first-order valence-corrected chi connectivity index (χ1v) is 6.22. The lowest BCUT2D eigenvalue weighted by atomic mass is 9.82. The summed E-state index contributed by atoms with van der Waals surface area (Å²) in [7, 11) is 0. The van der Waals surface area contributed by atoms with Gasteiger partial charge in [-0.1, -0.05) is 6.92 Å². The molecule has 1 aliphatic rings. The highest BCUT2D eigenvalue weighted by atomic mass is 16.3. The van der Waals surface area contributed by atoms with E-state index in [4.69, 9.17) is 5.73 Å². The second kappa shape index (κ2) is 6.21. The van der Waals surface area contributed by atoms with Gasteiger partial charge in [0.15, 0.2) is 0 Å². The topological polar surface area (TPSA) is 75.4 Å². The van der Waals surface area contributed by atoms with Crippen LogP contribution in [0.15, 0.2) is 0 Å². The van der Waals surface area contributed by atoms with Gasteiger partial charge in [0.25, 0.3) is 0 Å². The first kappa shape index (κ1) is 13.5. The molecule has 0 heterocycles. The van der Waals surface area contributed by atoms with Crippen LogP contribution in [0.25, 0.3) is 0 Å². The molecule has 4 N–H and O–H groups in total. The average Bonchev–Trinajstić information content (AvgIpc) is 2.26. The van der Waals surface area contributed by atoms with E-state index in [-0.39, 0.29) is 17.9 Å². The van der Waals surface area contributed by atoms with Gasteiger partial charge in [0.1, 0.15) is 0 Å². The number of nitrogens with one attached hydrogen (secondary N) is 1. The summed E-state index contributed by atoms with van der Waals surface area (Å²) in [4.78, 5) is 11.8. The summed E-state index contributed by atoms with van der Waals surface area (Å²) in [5.74, 6) is 1.00. The summed E-state index contributed by atoms with van der Waals surface area (Å²) in [5.41, 5.74) is 5.65. The highest BCUT2D eigenvalue weighted by Gasteiger charge is 2.24. The molecular weight excluding hydrogens is 204 g/mol. The highest BCUT2D eigenvalue weighted by molar-refractivity contribution is 5.78. The molecule has 1 aliphatic carbocycles. The molecule has 4 nitrogen and oxygen atoms in total. The van der Waals surface area contributed by atoms with Crippen LogP contribution >= 0.6 is 0 Å². The third-order valence-electron chi connectivity index (χ3n) is 3.52. The fourth-order valence-electron chi connectivity index (χ4n) is 2.06. The van der Waals surface area contributed by atoms with Crippen molar-refractivity contribution < 1.29 is 9.90 Å². The largest absolute Gasteiger partial charge is 0.392 e. The van der Waals surface area contributed by atoms with Gasteiger partial charge in [-0.15, -0.1) is 0 Å². The van der Waals surface area contributed by atoms with Gasteiger partial charge in [-0.25, -0.2) is 0 Å². The van der Waals surface area contributed by atoms with Crippen molar-refractivity contribution in [2.45, 2.75) is 51.7 Å². The fraction of sp³-hybridized carbons (Fsp3) is 0.917. The van der Waals surface area contributed by atoms with Gasteiger partial charge in [0.05, 0.1) is 6.10 Å². The van der Waals surface area contributed by atoms with Gasteiger partial charge in [0.2, 0.25) is 5.91 Å². The maximum atomic E-state index is 11.8. The molecule has 1 saturated carbocycles. The van der Waals surface area contributed by atoms with E-state index >= 15 is 0 Å². The van der Waals surface area contributed by atoms with Crippen molar-refractivity contribution in [3.05, 3.63) is 0 Å². The zero-order valence-corrected chi connectivity index (χ0v) is 10.3. The summed E-state index contributed by atoms with van der Waals surface area (Å²) in [5, 5.41) is 12.0. The Labute approximate surface area is 97.6 Å². The van der Waals surface area contributed by atoms with Crippen LogP contribution in [0.1, 0.15) is 39.5 Å². The number of hydrogen-bond donors (Lipinski definition) is 3. The summed E-state index contributed by atoms with van der Waals surface area (Å²) in [6.07, 6.45) is 3.67.